The number of hydrogen-bond donors (Lipinski definition) is 4. The monoisotopic (exact) mass is 630 g/mol. The number of nitrogens with zero attached hydrogens (tertiary/aromatic N) is 2. The number of esters is 1. The van der Waals surface area contributed by atoms with Gasteiger partial charge in [0.2, 0.25) is 0 Å². The van der Waals surface area contributed by atoms with Gasteiger partial charge in [0, 0.05) is 24.5 Å². The number of cyclic esters (lactones) is 1. The molecule has 4 N–H and O–H groups in total. The number of carbonyl (C=O) groups is 1. The Labute approximate surface area is 265 Å². The van der Waals surface area contributed by atoms with Crippen LogP contribution in [0, 0.1) is 17.8 Å². The summed E-state index contributed by atoms with van der Waals surface area (Å²) in [6.07, 6.45) is -3.44. The van der Waals surface area contributed by atoms with Crippen molar-refractivity contribution in [3.05, 3.63) is 12.7 Å². The van der Waals surface area contributed by atoms with Crippen molar-refractivity contribution in [3.63, 3.8) is 0 Å². The fourth-order valence-corrected chi connectivity index (χ4v) is 7.10. The van der Waals surface area contributed by atoms with E-state index in [4.69, 9.17) is 18.9 Å². The largest absolute Gasteiger partial charge is 0.459 e. The Bertz CT molecular complexity index is 920. The lowest BCUT2D eigenvalue weighted by molar-refractivity contribution is -0.303. The smallest absolute Gasteiger partial charge is 0.311 e. The number of aliphatic hydroxyl groups is 4. The summed E-state index contributed by atoms with van der Waals surface area (Å²) in [5.74, 6) is -2.39. The molecule has 14 atom stereocenters. The summed E-state index contributed by atoms with van der Waals surface area (Å²) in [5.41, 5.74) is -2.76. The Kier molecular flexibility index (Phi) is 14.3. The second-order valence-electron chi connectivity index (χ2n) is 14.2. The van der Waals surface area contributed by atoms with Gasteiger partial charge in [0.1, 0.15) is 23.9 Å². The summed E-state index contributed by atoms with van der Waals surface area (Å²) >= 11 is 0. The van der Waals surface area contributed by atoms with E-state index in [-0.39, 0.29) is 31.1 Å². The molecule has 0 bridgehead atoms. The van der Waals surface area contributed by atoms with Crippen LogP contribution in [0.25, 0.3) is 0 Å². The van der Waals surface area contributed by atoms with Crippen molar-refractivity contribution in [2.24, 2.45) is 17.8 Å². The highest BCUT2D eigenvalue weighted by Crippen LogP contribution is 2.38. The molecule has 0 saturated carbocycles. The maximum absolute atomic E-state index is 13.5. The maximum atomic E-state index is 13.5. The van der Waals surface area contributed by atoms with Crippen LogP contribution >= 0.6 is 0 Å². The lowest BCUT2D eigenvalue weighted by atomic mass is 9.77. The average Bonchev–Trinajstić information content (AvgIpc) is 2.95. The van der Waals surface area contributed by atoms with E-state index in [2.05, 4.69) is 13.5 Å². The third kappa shape index (κ3) is 9.01. The molecule has 2 fully saturated rings. The first-order chi connectivity index (χ1) is 20.3. The van der Waals surface area contributed by atoms with Crippen LogP contribution in [0.3, 0.4) is 0 Å². The minimum Gasteiger partial charge on any atom is -0.459 e. The number of ether oxygens (including phenoxy) is 4. The van der Waals surface area contributed by atoms with Crippen molar-refractivity contribution in [1.29, 1.82) is 0 Å². The Morgan fingerprint density at radius 2 is 1.73 bits per heavy atom. The molecule has 2 aliphatic heterocycles. The van der Waals surface area contributed by atoms with Crippen molar-refractivity contribution < 1.29 is 44.2 Å². The van der Waals surface area contributed by atoms with Crippen LogP contribution in [-0.4, -0.2) is 137 Å². The standard InChI is InChI=1S/C33H62N2O9/c1-13-15-41-32(8)17-19(3)18-35(12)23(7)28(38)33(9,40)25(14-2)43-30(39)22(6)26(36)21(5)29(32)44-31-27(37)24(34(10)11)16-20(4)42-31/h13,19-29,31,36-38,40H,1,14-18H2,2-12H3/t19-,20-,21+,22-,23-,24+,25-,26+,27-,28-,29-,31+,32+,33-/m1/s1. The van der Waals surface area contributed by atoms with E-state index in [1.807, 2.05) is 51.7 Å². The van der Waals surface area contributed by atoms with Crippen LogP contribution in [0.5, 0.6) is 0 Å². The summed E-state index contributed by atoms with van der Waals surface area (Å²) in [6, 6.07) is -0.686. The Morgan fingerprint density at radius 1 is 1.11 bits per heavy atom. The molecule has 258 valence electrons. The first-order valence-corrected chi connectivity index (χ1v) is 16.2. The molecule has 0 radical (unpaired) electrons. The van der Waals surface area contributed by atoms with E-state index in [1.165, 1.54) is 6.92 Å². The van der Waals surface area contributed by atoms with Gasteiger partial charge in [-0.15, -0.1) is 6.58 Å². The van der Waals surface area contributed by atoms with Gasteiger partial charge >= 0.3 is 5.97 Å². The molecular formula is C33H62N2O9. The first-order valence-electron chi connectivity index (χ1n) is 16.2. The zero-order chi connectivity index (χ0) is 33.7. The normalized spacial score (nSPS) is 45.8. The van der Waals surface area contributed by atoms with Gasteiger partial charge in [-0.1, -0.05) is 26.8 Å². The minimum atomic E-state index is -1.74. The lowest BCUT2D eigenvalue weighted by Gasteiger charge is -2.48. The van der Waals surface area contributed by atoms with E-state index in [0.717, 1.165) is 0 Å². The molecule has 0 spiro atoms. The Balaban J connectivity index is 2.64. The molecule has 0 unspecified atom stereocenters. The van der Waals surface area contributed by atoms with E-state index < -0.39 is 71.9 Å². The second-order valence-corrected chi connectivity index (χ2v) is 14.2. The predicted octanol–water partition coefficient (Wildman–Crippen LogP) is 2.19. The number of rotatable bonds is 7. The molecule has 0 aromatic carbocycles. The van der Waals surface area contributed by atoms with E-state index >= 15 is 0 Å². The van der Waals surface area contributed by atoms with Gasteiger partial charge in [-0.05, 0) is 80.9 Å². The highest BCUT2D eigenvalue weighted by Gasteiger charge is 2.50. The molecule has 44 heavy (non-hydrogen) atoms. The van der Waals surface area contributed by atoms with Crippen molar-refractivity contribution in [3.8, 4) is 0 Å². The summed E-state index contributed by atoms with van der Waals surface area (Å²) in [4.78, 5) is 17.4. The highest BCUT2D eigenvalue weighted by molar-refractivity contribution is 5.73. The zero-order valence-corrected chi connectivity index (χ0v) is 29.0. The molecule has 11 heteroatoms. The summed E-state index contributed by atoms with van der Waals surface area (Å²) in [7, 11) is 5.69. The van der Waals surface area contributed by atoms with Gasteiger partial charge in [0.05, 0.1) is 36.4 Å². The molecular weight excluding hydrogens is 568 g/mol. The van der Waals surface area contributed by atoms with E-state index in [1.54, 1.807) is 26.8 Å². The van der Waals surface area contributed by atoms with Gasteiger partial charge in [-0.25, -0.2) is 0 Å². The number of hydrogen-bond acceptors (Lipinski definition) is 11. The zero-order valence-electron chi connectivity index (χ0n) is 29.0. The molecule has 2 saturated heterocycles. The second kappa shape index (κ2) is 16.1. The van der Waals surface area contributed by atoms with Gasteiger partial charge < -0.3 is 49.2 Å². The van der Waals surface area contributed by atoms with Crippen LogP contribution in [0.15, 0.2) is 12.7 Å². The third-order valence-corrected chi connectivity index (χ3v) is 9.98. The van der Waals surface area contributed by atoms with E-state index in [9.17, 15) is 25.2 Å². The SMILES string of the molecule is C=CCO[C@@]1(C)C[C@@H](C)CN(C)[C@H](C)[C@@H](O)[C@](C)(O)[C@@H](CC)OC(=O)[C@H](C)[C@@H](O)[C@H](C)[C@H]1O[C@@H]1O[C@H](C)C[C@H](N(C)C)[C@H]1O. The molecule has 0 amide bonds. The molecule has 2 heterocycles. The summed E-state index contributed by atoms with van der Waals surface area (Å²) in [6.45, 7) is 19.0. The van der Waals surface area contributed by atoms with Crippen LogP contribution in [0.4, 0.5) is 0 Å². The first kappa shape index (κ1) is 39.0. The number of aliphatic hydroxyl groups excluding tert-OH is 3. The van der Waals surface area contributed by atoms with Crippen molar-refractivity contribution in [2.75, 3.05) is 34.3 Å². The van der Waals surface area contributed by atoms with Gasteiger partial charge in [-0.2, -0.15) is 0 Å². The molecule has 0 aromatic rings. The molecule has 11 nitrogen and oxygen atoms in total. The number of likely N-dealkylation sites (N-methyl/N-ethyl adjacent to an activating group) is 2. The average molecular weight is 631 g/mol. The molecule has 2 aliphatic rings. The Morgan fingerprint density at radius 3 is 2.27 bits per heavy atom. The maximum Gasteiger partial charge on any atom is 0.311 e. The summed E-state index contributed by atoms with van der Waals surface area (Å²) in [5, 5.41) is 45.8. The lowest BCUT2D eigenvalue weighted by Crippen LogP contribution is -2.59. The van der Waals surface area contributed by atoms with Gasteiger partial charge in [-0.3, -0.25) is 4.79 Å². The van der Waals surface area contributed by atoms with Crippen LogP contribution < -0.4 is 0 Å². The number of carbonyl (C=O) groups excluding carboxylic acids is 1. The fourth-order valence-electron chi connectivity index (χ4n) is 7.10. The van der Waals surface area contributed by atoms with Crippen LogP contribution in [0.2, 0.25) is 0 Å². The van der Waals surface area contributed by atoms with Gasteiger partial charge in [0.25, 0.3) is 0 Å². The predicted molar refractivity (Wildman–Crippen MR) is 169 cm³/mol. The molecule has 0 aliphatic carbocycles. The van der Waals surface area contributed by atoms with Crippen LogP contribution in [-0.2, 0) is 23.7 Å². The topological polar surface area (TPSA) is 141 Å². The van der Waals surface area contributed by atoms with Crippen molar-refractivity contribution >= 4 is 5.97 Å². The quantitative estimate of drug-likeness (QED) is 0.243. The van der Waals surface area contributed by atoms with Gasteiger partial charge in [0.15, 0.2) is 6.29 Å². The summed E-state index contributed by atoms with van der Waals surface area (Å²) < 4.78 is 25.1. The molecule has 2 rings (SSSR count). The third-order valence-electron chi connectivity index (χ3n) is 9.98. The Hall–Kier alpha value is -1.15. The van der Waals surface area contributed by atoms with Crippen LogP contribution in [0.1, 0.15) is 74.7 Å². The highest BCUT2D eigenvalue weighted by atomic mass is 16.7. The van der Waals surface area contributed by atoms with Crippen molar-refractivity contribution in [1.82, 2.24) is 9.80 Å². The minimum absolute atomic E-state index is 0.00194. The fraction of sp³-hybridized carbons (Fsp3) is 0.909. The van der Waals surface area contributed by atoms with E-state index in [0.29, 0.717) is 19.4 Å². The van der Waals surface area contributed by atoms with Crippen molar-refractivity contribution in [2.45, 2.75) is 141 Å². The molecule has 0 aromatic heterocycles.